The highest BCUT2D eigenvalue weighted by Crippen LogP contribution is 2.32. The zero-order valence-electron chi connectivity index (χ0n) is 17.7. The number of phenolic OH excluding ortho intramolecular Hbond substituents is 1. The molecular weight excluding hydrogens is 462 g/mol. The third-order valence-electron chi connectivity index (χ3n) is 4.68. The van der Waals surface area contributed by atoms with Crippen LogP contribution in [0.5, 0.6) is 5.75 Å². The predicted molar refractivity (Wildman–Crippen MR) is 133 cm³/mol. The third kappa shape index (κ3) is 6.50. The number of hydrogen-bond acceptors (Lipinski definition) is 7. The van der Waals surface area contributed by atoms with Gasteiger partial charge in [-0.15, -0.1) is 0 Å². The number of nitro benzene ring substituents is 1. The Morgan fingerprint density at radius 2 is 2.00 bits per heavy atom. The molecule has 2 amide bonds. The van der Waals surface area contributed by atoms with Crippen molar-refractivity contribution in [2.45, 2.75) is 19.8 Å². The van der Waals surface area contributed by atoms with Gasteiger partial charge in [-0.3, -0.25) is 24.6 Å². The van der Waals surface area contributed by atoms with Crippen molar-refractivity contribution < 1.29 is 19.6 Å². The second kappa shape index (κ2) is 10.9. The van der Waals surface area contributed by atoms with Crippen molar-refractivity contribution >= 4 is 57.6 Å². The number of carbonyl (C=O) groups excluding carboxylic acids is 2. The van der Waals surface area contributed by atoms with Crippen LogP contribution in [0.15, 0.2) is 65.1 Å². The number of rotatable bonds is 8. The van der Waals surface area contributed by atoms with Crippen LogP contribution in [0.2, 0.25) is 0 Å². The molecule has 0 aliphatic carbocycles. The lowest BCUT2D eigenvalue weighted by Crippen LogP contribution is -2.29. The van der Waals surface area contributed by atoms with Gasteiger partial charge < -0.3 is 10.4 Å². The van der Waals surface area contributed by atoms with E-state index in [0.29, 0.717) is 15.6 Å². The molecule has 0 spiro atoms. The highest BCUT2D eigenvalue weighted by molar-refractivity contribution is 8.26. The van der Waals surface area contributed by atoms with Crippen LogP contribution in [-0.4, -0.2) is 37.6 Å². The minimum atomic E-state index is -0.617. The van der Waals surface area contributed by atoms with E-state index in [1.54, 1.807) is 6.08 Å². The summed E-state index contributed by atoms with van der Waals surface area (Å²) in [7, 11) is 0. The number of phenols is 1. The van der Waals surface area contributed by atoms with E-state index < -0.39 is 10.8 Å². The van der Waals surface area contributed by atoms with Gasteiger partial charge in [0.2, 0.25) is 5.91 Å². The summed E-state index contributed by atoms with van der Waals surface area (Å²) in [5.41, 5.74) is 1.66. The van der Waals surface area contributed by atoms with Crippen LogP contribution in [0.3, 0.4) is 0 Å². The Bertz CT molecular complexity index is 1160. The molecule has 0 saturated carbocycles. The number of amides is 2. The molecule has 0 aromatic heterocycles. The van der Waals surface area contributed by atoms with Gasteiger partial charge in [-0.2, -0.15) is 0 Å². The Labute approximate surface area is 200 Å². The van der Waals surface area contributed by atoms with E-state index in [4.69, 9.17) is 12.2 Å². The highest BCUT2D eigenvalue weighted by atomic mass is 32.2. The van der Waals surface area contributed by atoms with Gasteiger partial charge in [0.05, 0.1) is 15.5 Å². The van der Waals surface area contributed by atoms with Crippen molar-refractivity contribution in [3.63, 3.8) is 0 Å². The van der Waals surface area contributed by atoms with Crippen LogP contribution in [0, 0.1) is 10.1 Å². The minimum absolute atomic E-state index is 0.0385. The number of allylic oxidation sites excluding steroid dienone is 2. The van der Waals surface area contributed by atoms with Crippen molar-refractivity contribution in [3.05, 3.63) is 80.8 Å². The summed E-state index contributed by atoms with van der Waals surface area (Å²) in [6.45, 7) is 2.17. The molecule has 33 heavy (non-hydrogen) atoms. The number of thiocarbonyl (C=S) groups is 1. The third-order valence-corrected chi connectivity index (χ3v) is 6.05. The summed E-state index contributed by atoms with van der Waals surface area (Å²) in [6.07, 6.45) is 4.15. The van der Waals surface area contributed by atoms with Gasteiger partial charge in [-0.05, 0) is 36.6 Å². The Morgan fingerprint density at radius 1 is 1.27 bits per heavy atom. The normalized spacial score (nSPS) is 15.2. The van der Waals surface area contributed by atoms with Crippen molar-refractivity contribution in [3.8, 4) is 5.75 Å². The summed E-state index contributed by atoms with van der Waals surface area (Å²) in [6, 6.07) is 13.1. The quantitative estimate of drug-likeness (QED) is 0.181. The second-order valence-corrected chi connectivity index (χ2v) is 8.92. The monoisotopic (exact) mass is 483 g/mol. The maximum Gasteiger partial charge on any atom is 0.271 e. The largest absolute Gasteiger partial charge is 0.506 e. The van der Waals surface area contributed by atoms with Gasteiger partial charge in [0.15, 0.2) is 0 Å². The molecule has 0 bridgehead atoms. The maximum absolute atomic E-state index is 12.7. The van der Waals surface area contributed by atoms with E-state index in [0.717, 1.165) is 29.3 Å². The first-order valence-electron chi connectivity index (χ1n) is 10.0. The number of benzene rings is 2. The van der Waals surface area contributed by atoms with Gasteiger partial charge >= 0.3 is 0 Å². The van der Waals surface area contributed by atoms with Gasteiger partial charge in [-0.25, -0.2) is 0 Å². The molecule has 1 aliphatic heterocycles. The highest BCUT2D eigenvalue weighted by Gasteiger charge is 2.31. The number of anilines is 1. The Morgan fingerprint density at radius 3 is 2.70 bits per heavy atom. The first-order valence-corrected chi connectivity index (χ1v) is 11.2. The summed E-state index contributed by atoms with van der Waals surface area (Å²) in [5.74, 6) is -0.911. The fourth-order valence-electron chi connectivity index (χ4n) is 3.10. The average molecular weight is 484 g/mol. The summed E-state index contributed by atoms with van der Waals surface area (Å²) < 4.78 is 0.426. The fraction of sp³-hybridized carbons (Fsp3) is 0.174. The number of thioether (sulfide) groups is 1. The molecule has 0 radical (unpaired) electrons. The Kier molecular flexibility index (Phi) is 7.96. The molecule has 8 nitrogen and oxygen atoms in total. The van der Waals surface area contributed by atoms with Gasteiger partial charge in [-0.1, -0.05) is 60.4 Å². The lowest BCUT2D eigenvalue weighted by atomic mass is 10.1. The molecule has 2 aromatic rings. The zero-order valence-corrected chi connectivity index (χ0v) is 19.3. The van der Waals surface area contributed by atoms with Gasteiger partial charge in [0, 0.05) is 25.1 Å². The molecular formula is C23H21N3O5S2. The standard InChI is InChI=1S/C23H21N3O5S2/c1-15(12-16-6-3-2-4-7-16)13-20-22(29)25(23(32)33-20)11-5-8-21(28)24-18-14-17(26(30)31)9-10-19(18)27/h2-4,6-7,9-10,12-14,27H,5,8,11H2,1H3,(H,24,28). The fourth-order valence-corrected chi connectivity index (χ4v) is 4.46. The van der Waals surface area contributed by atoms with Crippen molar-refractivity contribution in [2.75, 3.05) is 11.9 Å². The Balaban J connectivity index is 1.55. The van der Waals surface area contributed by atoms with E-state index in [2.05, 4.69) is 5.32 Å². The molecule has 1 fully saturated rings. The first-order chi connectivity index (χ1) is 15.7. The SMILES string of the molecule is CC(=Cc1ccccc1)C=C1SC(=S)N(CCCC(=O)Nc2cc([N+](=O)[O-])ccc2O)C1=O. The number of carbonyl (C=O) groups is 2. The molecule has 10 heteroatoms. The number of aromatic hydroxyl groups is 1. The minimum Gasteiger partial charge on any atom is -0.506 e. The van der Waals surface area contributed by atoms with Crippen molar-refractivity contribution in [1.29, 1.82) is 0 Å². The molecule has 170 valence electrons. The van der Waals surface area contributed by atoms with E-state index in [-0.39, 0.29) is 36.0 Å². The van der Waals surface area contributed by atoms with E-state index in [9.17, 15) is 24.8 Å². The number of nitrogens with one attached hydrogen (secondary N) is 1. The summed E-state index contributed by atoms with van der Waals surface area (Å²) >= 11 is 6.55. The molecule has 2 aromatic carbocycles. The maximum atomic E-state index is 12.7. The molecule has 3 rings (SSSR count). The van der Waals surface area contributed by atoms with E-state index >= 15 is 0 Å². The zero-order chi connectivity index (χ0) is 24.0. The van der Waals surface area contributed by atoms with Crippen molar-refractivity contribution in [2.24, 2.45) is 0 Å². The van der Waals surface area contributed by atoms with Gasteiger partial charge in [0.1, 0.15) is 10.1 Å². The summed E-state index contributed by atoms with van der Waals surface area (Å²) in [4.78, 5) is 37.2. The van der Waals surface area contributed by atoms with Crippen LogP contribution < -0.4 is 5.32 Å². The average Bonchev–Trinajstić information content (AvgIpc) is 3.03. The molecule has 1 heterocycles. The molecule has 0 unspecified atom stereocenters. The molecule has 1 aliphatic rings. The van der Waals surface area contributed by atoms with Gasteiger partial charge in [0.25, 0.3) is 11.6 Å². The van der Waals surface area contributed by atoms with E-state index in [1.165, 1.54) is 16.7 Å². The molecule has 2 N–H and O–H groups in total. The smallest absolute Gasteiger partial charge is 0.271 e. The number of non-ortho nitro benzene ring substituents is 1. The number of hydrogen-bond donors (Lipinski definition) is 2. The second-order valence-electron chi connectivity index (χ2n) is 7.24. The predicted octanol–water partition coefficient (Wildman–Crippen LogP) is 4.87. The molecule has 0 atom stereocenters. The topological polar surface area (TPSA) is 113 Å². The van der Waals surface area contributed by atoms with E-state index in [1.807, 2.05) is 43.3 Å². The summed E-state index contributed by atoms with van der Waals surface area (Å²) in [5, 5.41) is 23.1. The van der Waals surface area contributed by atoms with Crippen LogP contribution in [0.1, 0.15) is 25.3 Å². The Hall–Kier alpha value is -3.50. The van der Waals surface area contributed by atoms with Crippen LogP contribution in [0.25, 0.3) is 6.08 Å². The lowest BCUT2D eigenvalue weighted by Gasteiger charge is -2.14. The number of nitrogens with zero attached hydrogens (tertiary/aromatic N) is 2. The number of nitro groups is 1. The molecule has 1 saturated heterocycles. The van der Waals surface area contributed by atoms with Crippen LogP contribution >= 0.6 is 24.0 Å². The first kappa shape index (κ1) is 24.1. The van der Waals surface area contributed by atoms with Crippen molar-refractivity contribution in [1.82, 2.24) is 4.90 Å². The van der Waals surface area contributed by atoms with Crippen LogP contribution in [0.4, 0.5) is 11.4 Å². The lowest BCUT2D eigenvalue weighted by molar-refractivity contribution is -0.384. The van der Waals surface area contributed by atoms with Crippen LogP contribution in [-0.2, 0) is 9.59 Å².